The molecule has 0 spiro atoms. The second kappa shape index (κ2) is 6.74. The summed E-state index contributed by atoms with van der Waals surface area (Å²) in [7, 11) is 0. The lowest BCUT2D eigenvalue weighted by molar-refractivity contribution is -0.252. The second-order valence-electron chi connectivity index (χ2n) is 6.67. The first kappa shape index (κ1) is 17.2. The van der Waals surface area contributed by atoms with Gasteiger partial charge in [0.1, 0.15) is 5.60 Å². The normalized spacial score (nSPS) is 21.3. The second-order valence-corrected chi connectivity index (χ2v) is 6.67. The monoisotopic (exact) mass is 288 g/mol. The zero-order valence-electron chi connectivity index (χ0n) is 13.4. The fourth-order valence-electron chi connectivity index (χ4n) is 1.71. The smallest absolute Gasteiger partial charge is 0.407 e. The van der Waals surface area contributed by atoms with Gasteiger partial charge in [0.15, 0.2) is 5.79 Å². The molecule has 1 unspecified atom stereocenters. The number of rotatable bonds is 4. The molecule has 1 rings (SSSR count). The molecular formula is C14H28N2O4. The van der Waals surface area contributed by atoms with E-state index in [-0.39, 0.29) is 12.1 Å². The Morgan fingerprint density at radius 2 is 1.90 bits per heavy atom. The average molecular weight is 288 g/mol. The van der Waals surface area contributed by atoms with Gasteiger partial charge in [-0.25, -0.2) is 4.79 Å². The van der Waals surface area contributed by atoms with Crippen LogP contribution in [0.3, 0.4) is 0 Å². The van der Waals surface area contributed by atoms with Crippen molar-refractivity contribution in [3.05, 3.63) is 0 Å². The van der Waals surface area contributed by atoms with Crippen molar-refractivity contribution in [2.75, 3.05) is 19.8 Å². The number of carbonyl (C=O) groups excluding carboxylic acids is 1. The highest BCUT2D eigenvalue weighted by Crippen LogP contribution is 2.16. The van der Waals surface area contributed by atoms with Crippen molar-refractivity contribution in [2.24, 2.45) is 0 Å². The zero-order valence-corrected chi connectivity index (χ0v) is 13.4. The van der Waals surface area contributed by atoms with E-state index in [4.69, 9.17) is 14.2 Å². The van der Waals surface area contributed by atoms with Crippen LogP contribution in [0.5, 0.6) is 0 Å². The molecule has 1 heterocycles. The van der Waals surface area contributed by atoms with Gasteiger partial charge in [-0.3, -0.25) is 0 Å². The maximum absolute atomic E-state index is 11.6. The topological polar surface area (TPSA) is 68.8 Å². The van der Waals surface area contributed by atoms with Crippen LogP contribution in [0.15, 0.2) is 0 Å². The Balaban J connectivity index is 2.20. The molecule has 0 aromatic heterocycles. The first-order valence-corrected chi connectivity index (χ1v) is 7.08. The van der Waals surface area contributed by atoms with Crippen LogP contribution in [0.25, 0.3) is 0 Å². The minimum absolute atomic E-state index is 0.0280. The standard InChI is InChI=1S/C14H28N2O4/c1-10(16-12(17)20-13(2,3)4)7-15-11-8-18-14(5,6)19-9-11/h10-11,15H,7-9H2,1-6H3,(H,16,17). The van der Waals surface area contributed by atoms with Gasteiger partial charge in [-0.2, -0.15) is 0 Å². The van der Waals surface area contributed by atoms with Crippen molar-refractivity contribution in [1.29, 1.82) is 0 Å². The number of carbonyl (C=O) groups is 1. The molecule has 118 valence electrons. The minimum atomic E-state index is -0.501. The number of hydrogen-bond acceptors (Lipinski definition) is 5. The van der Waals surface area contributed by atoms with Gasteiger partial charge in [0.05, 0.1) is 19.3 Å². The van der Waals surface area contributed by atoms with E-state index >= 15 is 0 Å². The summed E-state index contributed by atoms with van der Waals surface area (Å²) in [6.07, 6.45) is -0.399. The first-order valence-electron chi connectivity index (χ1n) is 7.08. The summed E-state index contributed by atoms with van der Waals surface area (Å²) in [5, 5.41) is 6.09. The summed E-state index contributed by atoms with van der Waals surface area (Å²) in [5.74, 6) is -0.501. The van der Waals surface area contributed by atoms with Gasteiger partial charge < -0.3 is 24.8 Å². The van der Waals surface area contributed by atoms with Gasteiger partial charge in [0.2, 0.25) is 0 Å². The summed E-state index contributed by atoms with van der Waals surface area (Å²) in [5.41, 5.74) is -0.478. The maximum Gasteiger partial charge on any atom is 0.407 e. The molecule has 20 heavy (non-hydrogen) atoms. The van der Waals surface area contributed by atoms with E-state index < -0.39 is 17.5 Å². The van der Waals surface area contributed by atoms with Crippen LogP contribution in [0.4, 0.5) is 4.79 Å². The van der Waals surface area contributed by atoms with Crippen LogP contribution < -0.4 is 10.6 Å². The third-order valence-corrected chi connectivity index (χ3v) is 2.74. The van der Waals surface area contributed by atoms with Crippen LogP contribution in [0, 0.1) is 0 Å². The Hall–Kier alpha value is -0.850. The minimum Gasteiger partial charge on any atom is -0.444 e. The van der Waals surface area contributed by atoms with Crippen molar-refractivity contribution in [1.82, 2.24) is 10.6 Å². The Labute approximate surface area is 121 Å². The van der Waals surface area contributed by atoms with E-state index in [1.54, 1.807) is 0 Å². The summed E-state index contributed by atoms with van der Waals surface area (Å²) < 4.78 is 16.3. The molecule has 0 saturated carbocycles. The summed E-state index contributed by atoms with van der Waals surface area (Å²) in [6.45, 7) is 13.1. The highest BCUT2D eigenvalue weighted by Gasteiger charge is 2.28. The van der Waals surface area contributed by atoms with E-state index in [0.29, 0.717) is 19.8 Å². The summed E-state index contributed by atoms with van der Waals surface area (Å²) >= 11 is 0. The van der Waals surface area contributed by atoms with E-state index in [9.17, 15) is 4.79 Å². The fourth-order valence-corrected chi connectivity index (χ4v) is 1.71. The summed E-state index contributed by atoms with van der Waals surface area (Å²) in [6, 6.07) is 0.116. The zero-order chi connectivity index (χ0) is 15.4. The lowest BCUT2D eigenvalue weighted by atomic mass is 10.2. The van der Waals surface area contributed by atoms with E-state index in [2.05, 4.69) is 10.6 Å². The third kappa shape index (κ3) is 7.07. The molecule has 2 N–H and O–H groups in total. The SMILES string of the molecule is CC(CNC1COC(C)(C)OC1)NC(=O)OC(C)(C)C. The number of ether oxygens (including phenoxy) is 3. The molecular weight excluding hydrogens is 260 g/mol. The number of nitrogens with one attached hydrogen (secondary N) is 2. The largest absolute Gasteiger partial charge is 0.444 e. The van der Waals surface area contributed by atoms with Crippen LogP contribution in [-0.2, 0) is 14.2 Å². The van der Waals surface area contributed by atoms with Gasteiger partial charge in [-0.15, -0.1) is 0 Å². The molecule has 1 atom stereocenters. The van der Waals surface area contributed by atoms with Crippen LogP contribution in [-0.4, -0.2) is 49.3 Å². The average Bonchev–Trinajstić information content (AvgIpc) is 2.24. The number of alkyl carbamates (subject to hydrolysis) is 1. The molecule has 6 nitrogen and oxygen atoms in total. The molecule has 0 bridgehead atoms. The maximum atomic E-state index is 11.6. The molecule has 1 aliphatic rings. The third-order valence-electron chi connectivity index (χ3n) is 2.74. The van der Waals surface area contributed by atoms with Gasteiger partial charge in [0.25, 0.3) is 0 Å². The molecule has 0 aromatic carbocycles. The van der Waals surface area contributed by atoms with Crippen molar-refractivity contribution < 1.29 is 19.0 Å². The quantitative estimate of drug-likeness (QED) is 0.823. The van der Waals surface area contributed by atoms with Crippen molar-refractivity contribution in [3.63, 3.8) is 0 Å². The molecule has 1 aliphatic heterocycles. The highest BCUT2D eigenvalue weighted by molar-refractivity contribution is 5.68. The van der Waals surface area contributed by atoms with Crippen LogP contribution in [0.2, 0.25) is 0 Å². The molecule has 1 fully saturated rings. The number of hydrogen-bond donors (Lipinski definition) is 2. The Bertz CT molecular complexity index is 316. The van der Waals surface area contributed by atoms with Crippen molar-refractivity contribution in [3.8, 4) is 0 Å². The molecule has 0 radical (unpaired) electrons. The Morgan fingerprint density at radius 1 is 1.35 bits per heavy atom. The fraction of sp³-hybridized carbons (Fsp3) is 0.929. The first-order chi connectivity index (χ1) is 9.07. The van der Waals surface area contributed by atoms with Crippen molar-refractivity contribution >= 4 is 6.09 Å². The predicted octanol–water partition coefficient (Wildman–Crippen LogP) is 1.64. The molecule has 6 heteroatoms. The molecule has 1 saturated heterocycles. The summed E-state index contributed by atoms with van der Waals surface area (Å²) in [4.78, 5) is 11.6. The van der Waals surface area contributed by atoms with Gasteiger partial charge in [-0.1, -0.05) is 0 Å². The van der Waals surface area contributed by atoms with Crippen LogP contribution >= 0.6 is 0 Å². The number of amides is 1. The lowest BCUT2D eigenvalue weighted by Gasteiger charge is -2.35. The highest BCUT2D eigenvalue weighted by atomic mass is 16.7. The van der Waals surface area contributed by atoms with Gasteiger partial charge >= 0.3 is 6.09 Å². The van der Waals surface area contributed by atoms with Gasteiger partial charge in [-0.05, 0) is 41.5 Å². The molecule has 1 amide bonds. The Kier molecular flexibility index (Phi) is 5.79. The van der Waals surface area contributed by atoms with Crippen molar-refractivity contribution in [2.45, 2.75) is 65.0 Å². The van der Waals surface area contributed by atoms with Gasteiger partial charge in [0, 0.05) is 12.6 Å². The predicted molar refractivity (Wildman–Crippen MR) is 76.6 cm³/mol. The van der Waals surface area contributed by atoms with E-state index in [1.807, 2.05) is 41.5 Å². The molecule has 0 aromatic rings. The van der Waals surface area contributed by atoms with E-state index in [1.165, 1.54) is 0 Å². The van der Waals surface area contributed by atoms with Crippen LogP contribution in [0.1, 0.15) is 41.5 Å². The Morgan fingerprint density at radius 3 is 2.40 bits per heavy atom. The van der Waals surface area contributed by atoms with E-state index in [0.717, 1.165) is 0 Å². The molecule has 0 aliphatic carbocycles. The lowest BCUT2D eigenvalue weighted by Crippen LogP contribution is -2.52.